The second-order valence-corrected chi connectivity index (χ2v) is 6.94. The van der Waals surface area contributed by atoms with Gasteiger partial charge in [0.15, 0.2) is 28.6 Å². The molecule has 0 amide bonds. The number of carbonyl (C=O) groups excluding carboxylic acids is 1. The van der Waals surface area contributed by atoms with Gasteiger partial charge in [0.2, 0.25) is 0 Å². The second kappa shape index (κ2) is 7.23. The maximum atomic E-state index is 11.8. The summed E-state index contributed by atoms with van der Waals surface area (Å²) in [7, 11) is 0. The van der Waals surface area contributed by atoms with Crippen LogP contribution in [-0.4, -0.2) is 25.3 Å². The number of fused-ring (bicyclic) bond motifs is 1. The fraction of sp³-hybridized carbons (Fsp3) is 0.182. The number of imidazole rings is 1. The number of rotatable bonds is 5. The Morgan fingerprint density at radius 2 is 1.82 bits per heavy atom. The molecule has 0 saturated heterocycles. The highest BCUT2D eigenvalue weighted by molar-refractivity contribution is 5.95. The normalized spacial score (nSPS) is 11.1. The molecule has 1 N–H and O–H groups in total. The lowest BCUT2D eigenvalue weighted by atomic mass is 10.1. The maximum Gasteiger partial charge on any atom is 0.166 e. The van der Waals surface area contributed by atoms with Gasteiger partial charge in [-0.2, -0.15) is 0 Å². The van der Waals surface area contributed by atoms with Crippen LogP contribution in [0.4, 0.5) is 11.5 Å². The van der Waals surface area contributed by atoms with E-state index >= 15 is 0 Å². The van der Waals surface area contributed by atoms with E-state index in [0.717, 1.165) is 16.9 Å². The van der Waals surface area contributed by atoms with E-state index in [9.17, 15) is 4.79 Å². The van der Waals surface area contributed by atoms with Crippen molar-refractivity contribution in [2.24, 2.45) is 0 Å². The summed E-state index contributed by atoms with van der Waals surface area (Å²) < 4.78 is 2.02. The fourth-order valence-electron chi connectivity index (χ4n) is 3.05. The number of para-hydroxylation sites is 1. The minimum absolute atomic E-state index is 0.0118. The number of hydrogen-bond donors (Lipinski definition) is 1. The standard InChI is InChI=1S/C22H21N5O/c1-14(2)27-13-23-19-21(24-18-10-5-4-6-11-18)25-20(26-22(19)27)17-9-7-8-16(12-17)15(3)28/h4-14H,1-3H3,(H,24,25,26). The maximum absolute atomic E-state index is 11.8. The first-order valence-electron chi connectivity index (χ1n) is 9.21. The first-order valence-corrected chi connectivity index (χ1v) is 9.21. The van der Waals surface area contributed by atoms with Gasteiger partial charge >= 0.3 is 0 Å². The van der Waals surface area contributed by atoms with Crippen LogP contribution >= 0.6 is 0 Å². The van der Waals surface area contributed by atoms with Crippen molar-refractivity contribution < 1.29 is 4.79 Å². The molecule has 4 rings (SSSR count). The van der Waals surface area contributed by atoms with Gasteiger partial charge in [-0.1, -0.05) is 36.4 Å². The molecule has 6 nitrogen and oxygen atoms in total. The van der Waals surface area contributed by atoms with Crippen LogP contribution in [0.5, 0.6) is 0 Å². The lowest BCUT2D eigenvalue weighted by Crippen LogP contribution is -2.04. The van der Waals surface area contributed by atoms with Gasteiger partial charge in [-0.25, -0.2) is 15.0 Å². The Morgan fingerprint density at radius 3 is 2.54 bits per heavy atom. The molecule has 0 aliphatic rings. The van der Waals surface area contributed by atoms with E-state index in [4.69, 9.17) is 9.97 Å². The molecule has 0 aliphatic heterocycles. The quantitative estimate of drug-likeness (QED) is 0.499. The van der Waals surface area contributed by atoms with Gasteiger partial charge in [0.05, 0.1) is 6.33 Å². The van der Waals surface area contributed by atoms with E-state index < -0.39 is 0 Å². The van der Waals surface area contributed by atoms with Crippen molar-refractivity contribution in [1.82, 2.24) is 19.5 Å². The zero-order valence-electron chi connectivity index (χ0n) is 16.0. The van der Waals surface area contributed by atoms with E-state index in [1.54, 1.807) is 19.3 Å². The van der Waals surface area contributed by atoms with Gasteiger partial charge in [-0.05, 0) is 39.0 Å². The molecule has 0 bridgehead atoms. The number of benzene rings is 2. The Labute approximate surface area is 163 Å². The Balaban J connectivity index is 1.90. The molecule has 0 fully saturated rings. The molecular formula is C22H21N5O. The second-order valence-electron chi connectivity index (χ2n) is 6.94. The van der Waals surface area contributed by atoms with Crippen LogP contribution in [0.25, 0.3) is 22.6 Å². The van der Waals surface area contributed by atoms with Crippen molar-refractivity contribution in [2.75, 3.05) is 5.32 Å². The SMILES string of the molecule is CC(=O)c1cccc(-c2nc(Nc3ccccc3)c3ncn(C(C)C)c3n2)c1. The van der Waals surface area contributed by atoms with Crippen LogP contribution in [0.15, 0.2) is 60.9 Å². The van der Waals surface area contributed by atoms with Crippen molar-refractivity contribution >= 4 is 28.5 Å². The Hall–Kier alpha value is -3.54. The van der Waals surface area contributed by atoms with Crippen molar-refractivity contribution in [3.8, 4) is 11.4 Å². The highest BCUT2D eigenvalue weighted by Crippen LogP contribution is 2.28. The molecule has 2 aromatic carbocycles. The van der Waals surface area contributed by atoms with E-state index in [0.29, 0.717) is 22.7 Å². The van der Waals surface area contributed by atoms with E-state index in [2.05, 4.69) is 24.1 Å². The molecule has 0 saturated carbocycles. The number of anilines is 2. The minimum Gasteiger partial charge on any atom is -0.338 e. The number of nitrogens with zero attached hydrogens (tertiary/aromatic N) is 4. The minimum atomic E-state index is 0.0118. The number of Topliss-reactive ketones (excluding diaryl/α,β-unsaturated/α-hetero) is 1. The summed E-state index contributed by atoms with van der Waals surface area (Å²) in [4.78, 5) is 25.8. The summed E-state index contributed by atoms with van der Waals surface area (Å²) in [6, 6.07) is 17.4. The average molecular weight is 371 g/mol. The highest BCUT2D eigenvalue weighted by Gasteiger charge is 2.16. The van der Waals surface area contributed by atoms with Gasteiger partial charge in [0.1, 0.15) is 0 Å². The van der Waals surface area contributed by atoms with Crippen LogP contribution in [-0.2, 0) is 0 Å². The van der Waals surface area contributed by atoms with Crippen LogP contribution in [0.1, 0.15) is 37.2 Å². The predicted octanol–water partition coefficient (Wildman–Crippen LogP) is 5.02. The van der Waals surface area contributed by atoms with Crippen molar-refractivity contribution in [1.29, 1.82) is 0 Å². The molecule has 0 spiro atoms. The molecule has 0 radical (unpaired) electrons. The van der Waals surface area contributed by atoms with Gasteiger partial charge in [0, 0.05) is 22.9 Å². The zero-order chi connectivity index (χ0) is 19.7. The summed E-state index contributed by atoms with van der Waals surface area (Å²) in [5.74, 6) is 1.20. The third-order valence-corrected chi connectivity index (χ3v) is 4.54. The molecule has 0 atom stereocenters. The van der Waals surface area contributed by atoms with E-state index in [-0.39, 0.29) is 11.8 Å². The first-order chi connectivity index (χ1) is 13.5. The lowest BCUT2D eigenvalue weighted by Gasteiger charge is -2.11. The smallest absolute Gasteiger partial charge is 0.166 e. The molecular weight excluding hydrogens is 350 g/mol. The topological polar surface area (TPSA) is 72.7 Å². The van der Waals surface area contributed by atoms with Gasteiger partial charge < -0.3 is 9.88 Å². The molecule has 2 aromatic heterocycles. The number of aromatic nitrogens is 4. The largest absolute Gasteiger partial charge is 0.338 e. The van der Waals surface area contributed by atoms with Gasteiger partial charge in [-0.15, -0.1) is 0 Å². The Morgan fingerprint density at radius 1 is 1.04 bits per heavy atom. The Bertz CT molecular complexity index is 1150. The van der Waals surface area contributed by atoms with E-state index in [1.807, 2.05) is 53.1 Å². The van der Waals surface area contributed by atoms with Crippen LogP contribution < -0.4 is 5.32 Å². The lowest BCUT2D eigenvalue weighted by molar-refractivity contribution is 0.101. The van der Waals surface area contributed by atoms with Crippen LogP contribution in [0.2, 0.25) is 0 Å². The summed E-state index contributed by atoms with van der Waals surface area (Å²) in [6.07, 6.45) is 1.79. The highest BCUT2D eigenvalue weighted by atomic mass is 16.1. The van der Waals surface area contributed by atoms with Crippen molar-refractivity contribution in [2.45, 2.75) is 26.8 Å². The monoisotopic (exact) mass is 371 g/mol. The summed E-state index contributed by atoms with van der Waals surface area (Å²) in [6.45, 7) is 5.73. The van der Waals surface area contributed by atoms with Crippen LogP contribution in [0, 0.1) is 0 Å². The molecule has 2 heterocycles. The molecule has 6 heteroatoms. The molecule has 0 aliphatic carbocycles. The van der Waals surface area contributed by atoms with Crippen LogP contribution in [0.3, 0.4) is 0 Å². The third-order valence-electron chi connectivity index (χ3n) is 4.54. The summed E-state index contributed by atoms with van der Waals surface area (Å²) in [5, 5.41) is 3.35. The molecule has 140 valence electrons. The Kier molecular flexibility index (Phi) is 4.61. The van der Waals surface area contributed by atoms with E-state index in [1.165, 1.54) is 0 Å². The number of ketones is 1. The number of nitrogens with one attached hydrogen (secondary N) is 1. The van der Waals surface area contributed by atoms with Crippen molar-refractivity contribution in [3.05, 3.63) is 66.5 Å². The number of carbonyl (C=O) groups is 1. The molecule has 4 aromatic rings. The van der Waals surface area contributed by atoms with Gasteiger partial charge in [-0.3, -0.25) is 4.79 Å². The summed E-state index contributed by atoms with van der Waals surface area (Å²) >= 11 is 0. The molecule has 0 unspecified atom stereocenters. The first kappa shape index (κ1) is 17.9. The molecule has 28 heavy (non-hydrogen) atoms. The third kappa shape index (κ3) is 3.36. The fourth-order valence-corrected chi connectivity index (χ4v) is 3.05. The van der Waals surface area contributed by atoms with Gasteiger partial charge in [0.25, 0.3) is 0 Å². The average Bonchev–Trinajstić information content (AvgIpc) is 3.13. The predicted molar refractivity (Wildman–Crippen MR) is 111 cm³/mol. The van der Waals surface area contributed by atoms with Crippen molar-refractivity contribution in [3.63, 3.8) is 0 Å². The number of hydrogen-bond acceptors (Lipinski definition) is 5. The zero-order valence-corrected chi connectivity index (χ0v) is 16.0. The summed E-state index contributed by atoms with van der Waals surface area (Å²) in [5.41, 5.74) is 3.82.